The van der Waals surface area contributed by atoms with E-state index in [0.29, 0.717) is 11.0 Å². The molecule has 1 nitrogen and oxygen atoms in total. The summed E-state index contributed by atoms with van der Waals surface area (Å²) >= 11 is 1.44. The first kappa shape index (κ1) is 7.17. The molecule has 1 aliphatic carbocycles. The fourth-order valence-corrected chi connectivity index (χ4v) is 2.52. The van der Waals surface area contributed by atoms with Crippen LogP contribution in [0.25, 0.3) is 0 Å². The second-order valence-corrected chi connectivity index (χ2v) is 4.07. The third-order valence-electron chi connectivity index (χ3n) is 2.15. The minimum absolute atomic E-state index is 0.336. The number of fused-ring (bicyclic) bond motifs is 1. The fourth-order valence-electron chi connectivity index (χ4n) is 1.51. The van der Waals surface area contributed by atoms with E-state index >= 15 is 0 Å². The number of allylic oxidation sites excluding steroid dienone is 4. The van der Waals surface area contributed by atoms with Gasteiger partial charge in [-0.2, -0.15) is 0 Å². The third kappa shape index (κ3) is 1.41. The molecule has 2 aliphatic rings. The van der Waals surface area contributed by atoms with Crippen molar-refractivity contribution in [3.63, 3.8) is 0 Å². The maximum absolute atomic E-state index is 11.0. The van der Waals surface area contributed by atoms with Crippen molar-refractivity contribution in [2.75, 3.05) is 0 Å². The molecule has 0 aromatic heterocycles. The zero-order valence-electron chi connectivity index (χ0n) is 6.25. The van der Waals surface area contributed by atoms with Gasteiger partial charge in [-0.15, -0.1) is 0 Å². The molecule has 0 aromatic rings. The van der Waals surface area contributed by atoms with Crippen LogP contribution in [0.2, 0.25) is 0 Å². The number of hydrogen-bond acceptors (Lipinski definition) is 2. The Labute approximate surface area is 70.6 Å². The first-order valence-electron chi connectivity index (χ1n) is 3.93. The largest absolute Gasteiger partial charge is 0.287 e. The van der Waals surface area contributed by atoms with Crippen LogP contribution in [0.5, 0.6) is 0 Å². The van der Waals surface area contributed by atoms with Crippen LogP contribution in [0.15, 0.2) is 23.1 Å². The quantitative estimate of drug-likeness (QED) is 0.550. The average Bonchev–Trinajstić information content (AvgIpc) is 2.04. The zero-order valence-corrected chi connectivity index (χ0v) is 7.06. The summed E-state index contributed by atoms with van der Waals surface area (Å²) in [7, 11) is 0. The van der Waals surface area contributed by atoms with Crippen LogP contribution in [0.1, 0.15) is 19.3 Å². The Kier molecular flexibility index (Phi) is 1.86. The van der Waals surface area contributed by atoms with Gasteiger partial charge in [0.2, 0.25) is 0 Å². The SMILES string of the molecule is O=C1CCC2CC=CC=C2S1. The highest BCUT2D eigenvalue weighted by Gasteiger charge is 2.24. The smallest absolute Gasteiger partial charge is 0.193 e. The van der Waals surface area contributed by atoms with Crippen molar-refractivity contribution in [1.29, 1.82) is 0 Å². The first-order chi connectivity index (χ1) is 5.36. The molecule has 0 saturated carbocycles. The highest BCUT2D eigenvalue weighted by molar-refractivity contribution is 8.17. The molecule has 1 heterocycles. The van der Waals surface area contributed by atoms with Gasteiger partial charge in [-0.1, -0.05) is 30.0 Å². The van der Waals surface area contributed by atoms with Crippen molar-refractivity contribution in [2.45, 2.75) is 19.3 Å². The average molecular weight is 166 g/mol. The van der Waals surface area contributed by atoms with Crippen LogP contribution < -0.4 is 0 Å². The summed E-state index contributed by atoms with van der Waals surface area (Å²) in [5, 5.41) is 0.336. The van der Waals surface area contributed by atoms with E-state index in [1.165, 1.54) is 16.7 Å². The number of carbonyl (C=O) groups excluding carboxylic acids is 1. The van der Waals surface area contributed by atoms with Gasteiger partial charge < -0.3 is 0 Å². The number of hydrogen-bond donors (Lipinski definition) is 0. The molecular formula is C9H10OS. The fraction of sp³-hybridized carbons (Fsp3) is 0.444. The molecule has 2 heteroatoms. The monoisotopic (exact) mass is 166 g/mol. The second-order valence-electron chi connectivity index (χ2n) is 2.94. The minimum Gasteiger partial charge on any atom is -0.287 e. The van der Waals surface area contributed by atoms with Crippen LogP contribution in [0.4, 0.5) is 0 Å². The summed E-state index contributed by atoms with van der Waals surface area (Å²) in [4.78, 5) is 12.3. The molecule has 1 unspecified atom stereocenters. The summed E-state index contributed by atoms with van der Waals surface area (Å²) in [6.45, 7) is 0. The summed E-state index contributed by atoms with van der Waals surface area (Å²) in [5.74, 6) is 0.655. The van der Waals surface area contributed by atoms with E-state index < -0.39 is 0 Å². The molecule has 1 fully saturated rings. The van der Waals surface area contributed by atoms with E-state index in [9.17, 15) is 4.79 Å². The van der Waals surface area contributed by atoms with Gasteiger partial charge in [0.05, 0.1) is 0 Å². The number of carbonyl (C=O) groups is 1. The van der Waals surface area contributed by atoms with E-state index in [0.717, 1.165) is 19.3 Å². The van der Waals surface area contributed by atoms with E-state index in [-0.39, 0.29) is 0 Å². The van der Waals surface area contributed by atoms with E-state index in [4.69, 9.17) is 0 Å². The Balaban J connectivity index is 2.18. The maximum atomic E-state index is 11.0. The Morgan fingerprint density at radius 2 is 2.45 bits per heavy atom. The lowest BCUT2D eigenvalue weighted by atomic mass is 9.95. The Morgan fingerprint density at radius 1 is 1.55 bits per heavy atom. The molecule has 58 valence electrons. The van der Waals surface area contributed by atoms with Gasteiger partial charge in [0.1, 0.15) is 0 Å². The molecule has 1 atom stereocenters. The Bertz CT molecular complexity index is 240. The number of rotatable bonds is 0. The van der Waals surface area contributed by atoms with E-state index in [1.807, 2.05) is 0 Å². The van der Waals surface area contributed by atoms with Crippen LogP contribution in [-0.4, -0.2) is 5.12 Å². The summed E-state index contributed by atoms with van der Waals surface area (Å²) < 4.78 is 0. The van der Waals surface area contributed by atoms with Crippen LogP contribution in [0, 0.1) is 5.92 Å². The maximum Gasteiger partial charge on any atom is 0.193 e. The lowest BCUT2D eigenvalue weighted by molar-refractivity contribution is -0.111. The molecule has 1 saturated heterocycles. The highest BCUT2D eigenvalue weighted by Crippen LogP contribution is 2.39. The predicted octanol–water partition coefficient (Wildman–Crippen LogP) is 2.50. The molecule has 0 bridgehead atoms. The molecule has 0 radical (unpaired) electrons. The van der Waals surface area contributed by atoms with Crippen molar-refractivity contribution in [3.05, 3.63) is 23.1 Å². The van der Waals surface area contributed by atoms with Crippen LogP contribution >= 0.6 is 11.8 Å². The zero-order chi connectivity index (χ0) is 7.68. The standard InChI is InChI=1S/C9H10OS/c10-9-6-5-7-3-1-2-4-8(7)11-9/h1-2,4,7H,3,5-6H2. The normalized spacial score (nSPS) is 29.6. The lowest BCUT2D eigenvalue weighted by Crippen LogP contribution is -2.12. The van der Waals surface area contributed by atoms with Gasteiger partial charge in [0, 0.05) is 6.42 Å². The van der Waals surface area contributed by atoms with Crippen molar-refractivity contribution >= 4 is 16.9 Å². The first-order valence-corrected chi connectivity index (χ1v) is 4.75. The summed E-state index contributed by atoms with van der Waals surface area (Å²) in [6, 6.07) is 0. The van der Waals surface area contributed by atoms with Crippen LogP contribution in [0.3, 0.4) is 0 Å². The topological polar surface area (TPSA) is 17.1 Å². The van der Waals surface area contributed by atoms with Gasteiger partial charge in [-0.3, -0.25) is 4.79 Å². The van der Waals surface area contributed by atoms with Gasteiger partial charge in [0.15, 0.2) is 5.12 Å². The minimum atomic E-state index is 0.336. The molecular weight excluding hydrogens is 156 g/mol. The Morgan fingerprint density at radius 3 is 3.36 bits per heavy atom. The van der Waals surface area contributed by atoms with E-state index in [2.05, 4.69) is 18.2 Å². The van der Waals surface area contributed by atoms with Crippen molar-refractivity contribution < 1.29 is 4.79 Å². The molecule has 2 rings (SSSR count). The van der Waals surface area contributed by atoms with Gasteiger partial charge >= 0.3 is 0 Å². The molecule has 0 aromatic carbocycles. The summed E-state index contributed by atoms with van der Waals surface area (Å²) in [5.41, 5.74) is 0. The summed E-state index contributed by atoms with van der Waals surface area (Å²) in [6.07, 6.45) is 9.27. The molecule has 11 heavy (non-hydrogen) atoms. The molecule has 0 N–H and O–H groups in total. The highest BCUT2D eigenvalue weighted by atomic mass is 32.2. The van der Waals surface area contributed by atoms with E-state index in [1.54, 1.807) is 0 Å². The van der Waals surface area contributed by atoms with Crippen molar-refractivity contribution in [3.8, 4) is 0 Å². The van der Waals surface area contributed by atoms with Gasteiger partial charge in [0.25, 0.3) is 0 Å². The Hall–Kier alpha value is -0.500. The lowest BCUT2D eigenvalue weighted by Gasteiger charge is -2.24. The molecule has 0 spiro atoms. The second kappa shape index (κ2) is 2.86. The van der Waals surface area contributed by atoms with Crippen LogP contribution in [-0.2, 0) is 4.79 Å². The predicted molar refractivity (Wildman–Crippen MR) is 47.2 cm³/mol. The van der Waals surface area contributed by atoms with Crippen molar-refractivity contribution in [1.82, 2.24) is 0 Å². The van der Waals surface area contributed by atoms with Gasteiger partial charge in [-0.05, 0) is 23.7 Å². The molecule has 1 aliphatic heterocycles. The van der Waals surface area contributed by atoms with Crippen molar-refractivity contribution in [2.24, 2.45) is 5.92 Å². The molecule has 0 amide bonds. The third-order valence-corrected chi connectivity index (χ3v) is 3.29. The number of thioether (sulfide) groups is 1. The van der Waals surface area contributed by atoms with Gasteiger partial charge in [-0.25, -0.2) is 0 Å².